The number of phenolic OH excluding ortho intramolecular Hbond substituents is 1. The molecule has 3 rings (SSSR count). The van der Waals surface area contributed by atoms with Gasteiger partial charge in [-0.3, -0.25) is 4.79 Å². The molecule has 1 heterocycles. The third-order valence-corrected chi connectivity index (χ3v) is 4.20. The molecule has 0 saturated carbocycles. The third kappa shape index (κ3) is 3.54. The summed E-state index contributed by atoms with van der Waals surface area (Å²) in [6, 6.07) is 13.4. The number of carbonyl (C=O) groups excluding carboxylic acids is 1. The number of benzene rings is 2. The Hall–Kier alpha value is -2.87. The van der Waals surface area contributed by atoms with Crippen molar-refractivity contribution < 1.29 is 14.6 Å². The van der Waals surface area contributed by atoms with Crippen molar-refractivity contribution in [2.75, 3.05) is 12.9 Å². The van der Waals surface area contributed by atoms with Crippen LogP contribution < -0.4 is 4.74 Å². The summed E-state index contributed by atoms with van der Waals surface area (Å²) < 4.78 is 6.69. The van der Waals surface area contributed by atoms with Gasteiger partial charge in [0.1, 0.15) is 11.5 Å². The molecule has 0 atom stereocenters. The quantitative estimate of drug-likeness (QED) is 0.543. The van der Waals surface area contributed by atoms with Gasteiger partial charge in [0.2, 0.25) is 5.16 Å². The van der Waals surface area contributed by atoms with Crippen molar-refractivity contribution >= 4 is 17.5 Å². The van der Waals surface area contributed by atoms with Crippen LogP contribution in [-0.4, -0.2) is 44.0 Å². The number of Topliss-reactive ketones (excluding diaryl/α,β-unsaturated/α-hetero) is 1. The Bertz CT molecular complexity index is 831. The average molecular weight is 342 g/mol. The minimum atomic E-state index is -0.0655. The number of carbonyl (C=O) groups is 1. The summed E-state index contributed by atoms with van der Waals surface area (Å²) in [6.45, 7) is 0. The van der Waals surface area contributed by atoms with Gasteiger partial charge in [0.15, 0.2) is 5.78 Å². The summed E-state index contributed by atoms with van der Waals surface area (Å²) in [5, 5.41) is 21.4. The lowest BCUT2D eigenvalue weighted by atomic mass is 10.1. The summed E-state index contributed by atoms with van der Waals surface area (Å²) in [7, 11) is 1.60. The fourth-order valence-electron chi connectivity index (χ4n) is 2.02. The molecule has 122 valence electrons. The zero-order valence-electron chi connectivity index (χ0n) is 12.8. The highest BCUT2D eigenvalue weighted by molar-refractivity contribution is 7.99. The third-order valence-electron chi connectivity index (χ3n) is 3.28. The van der Waals surface area contributed by atoms with Gasteiger partial charge in [-0.15, -0.1) is 5.10 Å². The number of phenols is 1. The van der Waals surface area contributed by atoms with Crippen LogP contribution in [0, 0.1) is 0 Å². The van der Waals surface area contributed by atoms with Crippen LogP contribution in [0.1, 0.15) is 10.4 Å². The van der Waals surface area contributed by atoms with Crippen LogP contribution in [0.2, 0.25) is 0 Å². The maximum absolute atomic E-state index is 12.2. The molecule has 0 aliphatic heterocycles. The molecule has 0 radical (unpaired) electrons. The summed E-state index contributed by atoms with van der Waals surface area (Å²) in [4.78, 5) is 12.2. The highest BCUT2D eigenvalue weighted by atomic mass is 32.2. The normalized spacial score (nSPS) is 10.5. The number of ether oxygens (including phenoxy) is 1. The van der Waals surface area contributed by atoms with E-state index >= 15 is 0 Å². The van der Waals surface area contributed by atoms with Gasteiger partial charge in [-0.1, -0.05) is 11.8 Å². The SMILES string of the molecule is COc1ccc(-n2nnnc2SCC(=O)c2ccc(O)cc2)cc1. The molecular formula is C16H14N4O3S. The van der Waals surface area contributed by atoms with E-state index in [-0.39, 0.29) is 17.3 Å². The smallest absolute Gasteiger partial charge is 0.214 e. The van der Waals surface area contributed by atoms with E-state index in [0.717, 1.165) is 11.4 Å². The van der Waals surface area contributed by atoms with Gasteiger partial charge in [-0.25, -0.2) is 0 Å². The predicted octanol–water partition coefficient (Wildman–Crippen LogP) is 2.35. The van der Waals surface area contributed by atoms with Gasteiger partial charge in [0.05, 0.1) is 18.6 Å². The minimum absolute atomic E-state index is 0.0655. The fourth-order valence-corrected chi connectivity index (χ4v) is 2.80. The largest absolute Gasteiger partial charge is 0.508 e. The van der Waals surface area contributed by atoms with Crippen LogP contribution >= 0.6 is 11.8 Å². The van der Waals surface area contributed by atoms with Gasteiger partial charge < -0.3 is 9.84 Å². The molecule has 0 unspecified atom stereocenters. The number of thioether (sulfide) groups is 1. The maximum Gasteiger partial charge on any atom is 0.214 e. The first-order valence-electron chi connectivity index (χ1n) is 7.05. The van der Waals surface area contributed by atoms with Crippen molar-refractivity contribution in [3.8, 4) is 17.2 Å². The summed E-state index contributed by atoms with van der Waals surface area (Å²) >= 11 is 1.25. The molecular weight excluding hydrogens is 328 g/mol. The monoisotopic (exact) mass is 342 g/mol. The van der Waals surface area contributed by atoms with Crippen LogP contribution in [0.4, 0.5) is 0 Å². The number of hydrogen-bond acceptors (Lipinski definition) is 7. The molecule has 24 heavy (non-hydrogen) atoms. The lowest BCUT2D eigenvalue weighted by Crippen LogP contribution is -2.04. The number of methoxy groups -OCH3 is 1. The molecule has 3 aromatic rings. The second-order valence-corrected chi connectivity index (χ2v) is 5.77. The second-order valence-electron chi connectivity index (χ2n) is 4.83. The molecule has 2 aromatic carbocycles. The maximum atomic E-state index is 12.2. The van der Waals surface area contributed by atoms with E-state index in [1.807, 2.05) is 24.3 Å². The van der Waals surface area contributed by atoms with Crippen LogP contribution in [0.25, 0.3) is 5.69 Å². The zero-order valence-corrected chi connectivity index (χ0v) is 13.6. The minimum Gasteiger partial charge on any atom is -0.508 e. The Morgan fingerprint density at radius 1 is 1.17 bits per heavy atom. The van der Waals surface area contributed by atoms with E-state index in [2.05, 4.69) is 15.5 Å². The van der Waals surface area contributed by atoms with E-state index in [4.69, 9.17) is 4.74 Å². The van der Waals surface area contributed by atoms with E-state index in [9.17, 15) is 9.90 Å². The van der Waals surface area contributed by atoms with E-state index in [0.29, 0.717) is 10.7 Å². The number of ketones is 1. The zero-order chi connectivity index (χ0) is 16.9. The molecule has 7 nitrogen and oxygen atoms in total. The molecule has 0 aliphatic rings. The molecule has 0 amide bonds. The average Bonchev–Trinajstić information content (AvgIpc) is 3.09. The fraction of sp³-hybridized carbons (Fsp3) is 0.125. The van der Waals surface area contributed by atoms with Crippen LogP contribution in [-0.2, 0) is 0 Å². The van der Waals surface area contributed by atoms with Crippen LogP contribution in [0.3, 0.4) is 0 Å². The first kappa shape index (κ1) is 16.0. The number of aromatic hydroxyl groups is 1. The first-order chi connectivity index (χ1) is 11.7. The molecule has 1 aromatic heterocycles. The topological polar surface area (TPSA) is 90.1 Å². The van der Waals surface area contributed by atoms with E-state index in [1.165, 1.54) is 23.9 Å². The van der Waals surface area contributed by atoms with Crippen molar-refractivity contribution in [3.63, 3.8) is 0 Å². The number of aromatic nitrogens is 4. The van der Waals surface area contributed by atoms with Crippen molar-refractivity contribution in [2.45, 2.75) is 5.16 Å². The summed E-state index contributed by atoms with van der Waals surface area (Å²) in [6.07, 6.45) is 0. The molecule has 8 heteroatoms. The highest BCUT2D eigenvalue weighted by Gasteiger charge is 2.13. The van der Waals surface area contributed by atoms with E-state index < -0.39 is 0 Å². The van der Waals surface area contributed by atoms with Gasteiger partial charge in [0.25, 0.3) is 0 Å². The number of rotatable bonds is 6. The number of hydrogen-bond donors (Lipinski definition) is 1. The second kappa shape index (κ2) is 7.14. The van der Waals surface area contributed by atoms with Crippen molar-refractivity contribution in [1.29, 1.82) is 0 Å². The van der Waals surface area contributed by atoms with Gasteiger partial charge >= 0.3 is 0 Å². The van der Waals surface area contributed by atoms with Crippen molar-refractivity contribution in [2.24, 2.45) is 0 Å². The summed E-state index contributed by atoms with van der Waals surface area (Å²) in [5.41, 5.74) is 1.31. The van der Waals surface area contributed by atoms with E-state index in [1.54, 1.807) is 23.9 Å². The molecule has 0 spiro atoms. The Kier molecular flexibility index (Phi) is 4.76. The van der Waals surface area contributed by atoms with Crippen LogP contribution in [0.5, 0.6) is 11.5 Å². The van der Waals surface area contributed by atoms with Crippen molar-refractivity contribution in [3.05, 3.63) is 54.1 Å². The number of nitrogens with zero attached hydrogens (tertiary/aromatic N) is 4. The van der Waals surface area contributed by atoms with Gasteiger partial charge in [-0.05, 0) is 59.0 Å². The Balaban J connectivity index is 1.71. The Morgan fingerprint density at radius 2 is 1.88 bits per heavy atom. The molecule has 1 N–H and O–H groups in total. The molecule has 0 saturated heterocycles. The van der Waals surface area contributed by atoms with Crippen LogP contribution in [0.15, 0.2) is 53.7 Å². The lowest BCUT2D eigenvalue weighted by molar-refractivity contribution is 0.102. The highest BCUT2D eigenvalue weighted by Crippen LogP contribution is 2.21. The standard InChI is InChI=1S/C16H14N4O3S/c1-23-14-8-4-12(5-9-14)20-16(17-18-19-20)24-10-15(22)11-2-6-13(21)7-3-11/h2-9,21H,10H2,1H3. The Labute approximate surface area is 142 Å². The number of tetrazole rings is 1. The molecule has 0 fully saturated rings. The van der Waals surface area contributed by atoms with Gasteiger partial charge in [0, 0.05) is 5.56 Å². The van der Waals surface area contributed by atoms with Crippen molar-refractivity contribution in [1.82, 2.24) is 20.2 Å². The first-order valence-corrected chi connectivity index (χ1v) is 8.04. The summed E-state index contributed by atoms with van der Waals surface area (Å²) in [5.74, 6) is 0.997. The van der Waals surface area contributed by atoms with Gasteiger partial charge in [-0.2, -0.15) is 4.68 Å². The lowest BCUT2D eigenvalue weighted by Gasteiger charge is -2.05. The molecule has 0 bridgehead atoms. The Morgan fingerprint density at radius 3 is 2.54 bits per heavy atom. The molecule has 0 aliphatic carbocycles. The predicted molar refractivity (Wildman–Crippen MR) is 88.9 cm³/mol.